The van der Waals surface area contributed by atoms with Gasteiger partial charge < -0.3 is 19.4 Å². The van der Waals surface area contributed by atoms with Gasteiger partial charge in [-0.1, -0.05) is 12.1 Å². The minimum atomic E-state index is 0.884. The number of para-hydroxylation sites is 2. The van der Waals surface area contributed by atoms with Crippen LogP contribution in [0.5, 0.6) is 5.75 Å². The number of hydrogen-bond donors (Lipinski definition) is 0. The van der Waals surface area contributed by atoms with Crippen molar-refractivity contribution in [1.29, 1.82) is 0 Å². The number of piperidine rings is 1. The van der Waals surface area contributed by atoms with Crippen LogP contribution in [0.15, 0.2) is 36.5 Å². The summed E-state index contributed by atoms with van der Waals surface area (Å²) < 4.78 is 5.51. The van der Waals surface area contributed by atoms with Gasteiger partial charge in [-0.25, -0.2) is 4.98 Å². The molecule has 0 aliphatic carbocycles. The van der Waals surface area contributed by atoms with Crippen LogP contribution in [0, 0.1) is 0 Å². The molecule has 26 heavy (non-hydrogen) atoms. The highest BCUT2D eigenvalue weighted by Gasteiger charge is 2.21. The number of ether oxygens (including phenoxy) is 1. The Morgan fingerprint density at radius 2 is 1.54 bits per heavy atom. The number of nitrogens with zero attached hydrogens (tertiary/aromatic N) is 5. The maximum Gasteiger partial charge on any atom is 0.227 e. The summed E-state index contributed by atoms with van der Waals surface area (Å²) >= 11 is 0. The van der Waals surface area contributed by atoms with Crippen LogP contribution in [0.25, 0.3) is 0 Å². The average molecular weight is 353 g/mol. The van der Waals surface area contributed by atoms with Crippen LogP contribution >= 0.6 is 0 Å². The van der Waals surface area contributed by atoms with E-state index < -0.39 is 0 Å². The fraction of sp³-hybridized carbons (Fsp3) is 0.500. The van der Waals surface area contributed by atoms with Crippen LogP contribution in [0.4, 0.5) is 17.5 Å². The van der Waals surface area contributed by atoms with Gasteiger partial charge in [-0.15, -0.1) is 0 Å². The van der Waals surface area contributed by atoms with E-state index in [9.17, 15) is 0 Å². The summed E-state index contributed by atoms with van der Waals surface area (Å²) in [5, 5.41) is 0. The molecule has 1 aromatic heterocycles. The molecule has 0 amide bonds. The molecule has 2 aromatic rings. The van der Waals surface area contributed by atoms with E-state index in [2.05, 4.69) is 31.8 Å². The Labute approximate surface area is 155 Å². The number of piperazine rings is 1. The van der Waals surface area contributed by atoms with Crippen molar-refractivity contribution in [2.45, 2.75) is 19.3 Å². The number of hydrogen-bond acceptors (Lipinski definition) is 6. The summed E-state index contributed by atoms with van der Waals surface area (Å²) in [6.07, 6.45) is 5.70. The van der Waals surface area contributed by atoms with Gasteiger partial charge in [-0.2, -0.15) is 4.98 Å². The predicted octanol–water partition coefficient (Wildman–Crippen LogP) is 2.80. The van der Waals surface area contributed by atoms with Crippen molar-refractivity contribution >= 4 is 17.5 Å². The number of methoxy groups -OCH3 is 1. The molecular formula is C20H27N5O. The van der Waals surface area contributed by atoms with Crippen LogP contribution in [0.3, 0.4) is 0 Å². The molecule has 2 aliphatic rings. The first kappa shape index (κ1) is 16.9. The smallest absolute Gasteiger partial charge is 0.227 e. The summed E-state index contributed by atoms with van der Waals surface area (Å²) in [6.45, 7) is 5.98. The first-order valence-electron chi connectivity index (χ1n) is 9.56. The molecule has 0 unspecified atom stereocenters. The summed E-state index contributed by atoms with van der Waals surface area (Å²) in [4.78, 5) is 16.4. The van der Waals surface area contributed by atoms with E-state index in [1.165, 1.54) is 24.9 Å². The zero-order chi connectivity index (χ0) is 17.8. The third-order valence-electron chi connectivity index (χ3n) is 5.30. The molecule has 6 heteroatoms. The van der Waals surface area contributed by atoms with Crippen LogP contribution in [-0.2, 0) is 0 Å². The van der Waals surface area contributed by atoms with Crippen molar-refractivity contribution in [2.75, 3.05) is 61.1 Å². The van der Waals surface area contributed by atoms with Crippen LogP contribution in [-0.4, -0.2) is 56.3 Å². The molecule has 0 N–H and O–H groups in total. The van der Waals surface area contributed by atoms with Gasteiger partial charge in [0.25, 0.3) is 0 Å². The van der Waals surface area contributed by atoms with Crippen molar-refractivity contribution in [3.05, 3.63) is 36.5 Å². The van der Waals surface area contributed by atoms with Crippen LogP contribution in [0.1, 0.15) is 19.3 Å². The van der Waals surface area contributed by atoms with Gasteiger partial charge in [0, 0.05) is 45.5 Å². The molecule has 2 saturated heterocycles. The summed E-state index contributed by atoms with van der Waals surface area (Å²) in [6, 6.07) is 10.3. The van der Waals surface area contributed by atoms with Gasteiger partial charge in [0.15, 0.2) is 0 Å². The molecule has 3 heterocycles. The summed E-state index contributed by atoms with van der Waals surface area (Å²) in [5.74, 6) is 2.87. The van der Waals surface area contributed by atoms with Gasteiger partial charge in [0.05, 0.1) is 12.8 Å². The lowest BCUT2D eigenvalue weighted by molar-refractivity contribution is 0.413. The molecule has 2 fully saturated rings. The Morgan fingerprint density at radius 1 is 0.808 bits per heavy atom. The molecule has 6 nitrogen and oxygen atoms in total. The highest BCUT2D eigenvalue weighted by atomic mass is 16.5. The number of rotatable bonds is 4. The first-order valence-corrected chi connectivity index (χ1v) is 9.56. The molecule has 0 atom stereocenters. The Morgan fingerprint density at radius 3 is 2.31 bits per heavy atom. The largest absolute Gasteiger partial charge is 0.495 e. The quantitative estimate of drug-likeness (QED) is 0.842. The highest BCUT2D eigenvalue weighted by Crippen LogP contribution is 2.29. The second kappa shape index (κ2) is 7.81. The van der Waals surface area contributed by atoms with Gasteiger partial charge in [-0.05, 0) is 37.5 Å². The van der Waals surface area contributed by atoms with Crippen LogP contribution < -0.4 is 19.4 Å². The normalized spacial score (nSPS) is 18.1. The minimum absolute atomic E-state index is 0.884. The third kappa shape index (κ3) is 3.54. The molecule has 0 radical (unpaired) electrons. The zero-order valence-electron chi connectivity index (χ0n) is 15.5. The van der Waals surface area contributed by atoms with E-state index in [4.69, 9.17) is 9.72 Å². The summed E-state index contributed by atoms with van der Waals surface area (Å²) in [7, 11) is 1.73. The van der Waals surface area contributed by atoms with E-state index in [-0.39, 0.29) is 0 Å². The summed E-state index contributed by atoms with van der Waals surface area (Å²) in [5.41, 5.74) is 1.17. The Balaban J connectivity index is 1.43. The van der Waals surface area contributed by atoms with Crippen molar-refractivity contribution in [3.8, 4) is 5.75 Å². The minimum Gasteiger partial charge on any atom is -0.495 e. The van der Waals surface area contributed by atoms with Gasteiger partial charge in [0.2, 0.25) is 5.95 Å². The molecule has 1 aromatic carbocycles. The Kier molecular flexibility index (Phi) is 5.09. The van der Waals surface area contributed by atoms with E-state index in [0.717, 1.165) is 56.8 Å². The topological polar surface area (TPSA) is 44.7 Å². The van der Waals surface area contributed by atoms with Crippen molar-refractivity contribution in [1.82, 2.24) is 9.97 Å². The van der Waals surface area contributed by atoms with E-state index in [1.807, 2.05) is 24.4 Å². The third-order valence-corrected chi connectivity index (χ3v) is 5.30. The molecule has 0 spiro atoms. The van der Waals surface area contributed by atoms with Crippen molar-refractivity contribution < 1.29 is 4.74 Å². The maximum absolute atomic E-state index is 5.51. The van der Waals surface area contributed by atoms with E-state index in [0.29, 0.717) is 0 Å². The Bertz CT molecular complexity index is 724. The second-order valence-corrected chi connectivity index (χ2v) is 6.91. The lowest BCUT2D eigenvalue weighted by atomic mass is 10.1. The lowest BCUT2D eigenvalue weighted by Crippen LogP contribution is -2.47. The van der Waals surface area contributed by atoms with Gasteiger partial charge >= 0.3 is 0 Å². The Hall–Kier alpha value is -2.50. The maximum atomic E-state index is 5.51. The first-order chi connectivity index (χ1) is 12.8. The molecule has 2 aliphatic heterocycles. The van der Waals surface area contributed by atoms with Crippen molar-refractivity contribution in [2.24, 2.45) is 0 Å². The van der Waals surface area contributed by atoms with Crippen molar-refractivity contribution in [3.63, 3.8) is 0 Å². The molecule has 0 bridgehead atoms. The molecule has 4 rings (SSSR count). The monoisotopic (exact) mass is 353 g/mol. The number of anilines is 3. The SMILES string of the molecule is COc1ccccc1N1CCN(c2ccnc(N3CCCCC3)n2)CC1. The fourth-order valence-electron chi connectivity index (χ4n) is 3.83. The molecule has 138 valence electrons. The predicted molar refractivity (Wildman–Crippen MR) is 106 cm³/mol. The lowest BCUT2D eigenvalue weighted by Gasteiger charge is -2.37. The standard InChI is InChI=1S/C20H27N5O/c1-26-18-8-4-3-7-17(18)23-13-15-24(16-14-23)19-9-10-21-20(22-19)25-11-5-2-6-12-25/h3-4,7-10H,2,5-6,11-16H2,1H3. The average Bonchev–Trinajstić information content (AvgIpc) is 2.74. The van der Waals surface area contributed by atoms with Crippen LogP contribution in [0.2, 0.25) is 0 Å². The highest BCUT2D eigenvalue weighted by molar-refractivity contribution is 5.59. The number of aromatic nitrogens is 2. The van der Waals surface area contributed by atoms with E-state index in [1.54, 1.807) is 7.11 Å². The fourth-order valence-corrected chi connectivity index (χ4v) is 3.83. The zero-order valence-corrected chi connectivity index (χ0v) is 15.5. The molecular weight excluding hydrogens is 326 g/mol. The van der Waals surface area contributed by atoms with Gasteiger partial charge in [0.1, 0.15) is 11.6 Å². The molecule has 0 saturated carbocycles. The number of benzene rings is 1. The van der Waals surface area contributed by atoms with E-state index >= 15 is 0 Å². The van der Waals surface area contributed by atoms with Gasteiger partial charge in [-0.3, -0.25) is 0 Å². The second-order valence-electron chi connectivity index (χ2n) is 6.91.